The molecule has 200 valence electrons. The van der Waals surface area contributed by atoms with E-state index in [-0.39, 0.29) is 51.9 Å². The maximum atomic E-state index is 14.0. The second-order valence-corrected chi connectivity index (χ2v) is 9.32. The van der Waals surface area contributed by atoms with Crippen LogP contribution in [0.2, 0.25) is 5.02 Å². The van der Waals surface area contributed by atoms with Gasteiger partial charge in [-0.05, 0) is 5.56 Å². The Morgan fingerprint density at radius 2 is 1.84 bits per heavy atom. The van der Waals surface area contributed by atoms with E-state index in [1.807, 2.05) is 0 Å². The lowest BCUT2D eigenvalue weighted by atomic mass is 9.69. The van der Waals surface area contributed by atoms with Crippen LogP contribution in [0.25, 0.3) is 0 Å². The summed E-state index contributed by atoms with van der Waals surface area (Å²) in [5.74, 6) is -4.29. The zero-order valence-electron chi connectivity index (χ0n) is 20.9. The number of carbonyl (C=O) groups is 3. The van der Waals surface area contributed by atoms with E-state index in [1.165, 1.54) is 44.6 Å². The molecule has 1 spiro atoms. The Labute approximate surface area is 222 Å². The Kier molecular flexibility index (Phi) is 7.07. The first-order valence-electron chi connectivity index (χ1n) is 11.5. The molecule has 4 rings (SSSR count). The SMILES string of the molecule is COC(=O)C[C@H](C1=C(O)[C@@]2(Oc3c(Cl)c(OC)cc(OC)c3C2=O)[C@H](C)CC1=O)c1ccc([N+](=O)[O-])cc1. The summed E-state index contributed by atoms with van der Waals surface area (Å²) in [6.07, 6.45) is -0.593. The Morgan fingerprint density at radius 3 is 2.39 bits per heavy atom. The molecular weight excluding hydrogens is 522 g/mol. The lowest BCUT2D eigenvalue weighted by Gasteiger charge is -2.38. The standard InChI is InChI=1S/C26H24ClNO10/c1-12-9-16(29)20(15(10-19(30)37-4)13-5-7-14(8-6-13)28(33)34)24(31)26(12)25(32)21-17(35-2)11-18(36-3)22(27)23(21)38-26/h5-8,11-12,15,31H,9-10H2,1-4H3/t12-,15+,26+/m1/s1. The van der Waals surface area contributed by atoms with Crippen molar-refractivity contribution in [2.24, 2.45) is 5.92 Å². The smallest absolute Gasteiger partial charge is 0.306 e. The predicted molar refractivity (Wildman–Crippen MR) is 133 cm³/mol. The number of aliphatic hydroxyl groups is 1. The molecule has 2 aromatic rings. The highest BCUT2D eigenvalue weighted by Crippen LogP contribution is 2.55. The van der Waals surface area contributed by atoms with Gasteiger partial charge in [0.25, 0.3) is 5.69 Å². The molecule has 11 nitrogen and oxygen atoms in total. The normalized spacial score (nSPS) is 21.1. The predicted octanol–water partition coefficient (Wildman–Crippen LogP) is 4.35. The van der Waals surface area contributed by atoms with Gasteiger partial charge in [0, 0.05) is 42.0 Å². The van der Waals surface area contributed by atoms with Crippen molar-refractivity contribution in [2.45, 2.75) is 31.3 Å². The third kappa shape index (κ3) is 4.03. The van der Waals surface area contributed by atoms with E-state index in [0.29, 0.717) is 5.56 Å². The first-order valence-corrected chi connectivity index (χ1v) is 11.9. The van der Waals surface area contributed by atoms with Gasteiger partial charge in [0.05, 0.1) is 32.7 Å². The van der Waals surface area contributed by atoms with Gasteiger partial charge in [0.2, 0.25) is 11.4 Å². The van der Waals surface area contributed by atoms with Crippen LogP contribution in [-0.2, 0) is 14.3 Å². The summed E-state index contributed by atoms with van der Waals surface area (Å²) in [5.41, 5.74) is -2.18. The van der Waals surface area contributed by atoms with E-state index in [4.69, 9.17) is 30.5 Å². The van der Waals surface area contributed by atoms with Gasteiger partial charge in [-0.1, -0.05) is 30.7 Å². The number of non-ortho nitro benzene ring substituents is 1. The van der Waals surface area contributed by atoms with Crippen LogP contribution < -0.4 is 14.2 Å². The maximum absolute atomic E-state index is 14.0. The number of nitrogens with zero attached hydrogens (tertiary/aromatic N) is 1. The van der Waals surface area contributed by atoms with Crippen molar-refractivity contribution in [3.63, 3.8) is 0 Å². The summed E-state index contributed by atoms with van der Waals surface area (Å²) in [6, 6.07) is 6.60. The molecule has 0 bridgehead atoms. The van der Waals surface area contributed by atoms with Gasteiger partial charge in [-0.15, -0.1) is 0 Å². The number of nitro benzene ring substituents is 1. The Hall–Kier alpha value is -4.12. The van der Waals surface area contributed by atoms with E-state index in [0.717, 1.165) is 7.11 Å². The van der Waals surface area contributed by atoms with E-state index < -0.39 is 45.7 Å². The molecule has 2 aliphatic rings. The largest absolute Gasteiger partial charge is 0.507 e. The molecule has 0 saturated heterocycles. The molecule has 1 aliphatic heterocycles. The van der Waals surface area contributed by atoms with Gasteiger partial charge in [-0.25, -0.2) is 0 Å². The van der Waals surface area contributed by atoms with Crippen LogP contribution in [0.15, 0.2) is 41.7 Å². The Balaban J connectivity index is 1.94. The monoisotopic (exact) mass is 545 g/mol. The molecule has 1 aliphatic carbocycles. The summed E-state index contributed by atoms with van der Waals surface area (Å²) >= 11 is 6.46. The maximum Gasteiger partial charge on any atom is 0.306 e. The summed E-state index contributed by atoms with van der Waals surface area (Å²) in [6.45, 7) is 1.58. The number of rotatable bonds is 7. The number of nitro groups is 1. The number of halogens is 1. The second-order valence-electron chi connectivity index (χ2n) is 8.94. The number of ketones is 2. The summed E-state index contributed by atoms with van der Waals surface area (Å²) in [7, 11) is 3.88. The van der Waals surface area contributed by atoms with Gasteiger partial charge in [0.1, 0.15) is 22.1 Å². The van der Waals surface area contributed by atoms with Gasteiger partial charge in [0.15, 0.2) is 17.3 Å². The molecule has 0 amide bonds. The van der Waals surface area contributed by atoms with E-state index in [2.05, 4.69) is 0 Å². The summed E-state index contributed by atoms with van der Waals surface area (Å²) < 4.78 is 21.6. The average Bonchev–Trinajstić information content (AvgIpc) is 3.22. The molecule has 3 atom stereocenters. The van der Waals surface area contributed by atoms with Crippen molar-refractivity contribution in [1.82, 2.24) is 0 Å². The minimum atomic E-state index is -2.04. The molecule has 2 aromatic carbocycles. The number of allylic oxidation sites excluding steroid dienone is 1. The molecule has 38 heavy (non-hydrogen) atoms. The quantitative estimate of drug-likeness (QED) is 0.302. The van der Waals surface area contributed by atoms with Crippen molar-refractivity contribution in [3.8, 4) is 17.2 Å². The zero-order chi connectivity index (χ0) is 27.9. The van der Waals surface area contributed by atoms with E-state index >= 15 is 0 Å². The van der Waals surface area contributed by atoms with Gasteiger partial charge in [-0.3, -0.25) is 24.5 Å². The number of hydrogen-bond donors (Lipinski definition) is 1. The van der Waals surface area contributed by atoms with E-state index in [9.17, 15) is 29.6 Å². The van der Waals surface area contributed by atoms with Crippen LogP contribution in [0, 0.1) is 16.0 Å². The number of fused-ring (bicyclic) bond motifs is 1. The van der Waals surface area contributed by atoms with Crippen molar-refractivity contribution in [1.29, 1.82) is 0 Å². The van der Waals surface area contributed by atoms with Crippen LogP contribution in [0.5, 0.6) is 17.2 Å². The lowest BCUT2D eigenvalue weighted by molar-refractivity contribution is -0.384. The number of aliphatic hydroxyl groups excluding tert-OH is 1. The van der Waals surface area contributed by atoms with Crippen LogP contribution in [0.1, 0.15) is 41.6 Å². The number of benzene rings is 2. The molecule has 0 radical (unpaired) electrons. The van der Waals surface area contributed by atoms with Crippen molar-refractivity contribution in [3.05, 3.63) is 67.9 Å². The fraction of sp³-hybridized carbons (Fsp3) is 0.346. The lowest BCUT2D eigenvalue weighted by Crippen LogP contribution is -2.53. The number of methoxy groups -OCH3 is 3. The number of esters is 1. The molecule has 1 heterocycles. The van der Waals surface area contributed by atoms with Crippen LogP contribution >= 0.6 is 11.6 Å². The average molecular weight is 546 g/mol. The highest BCUT2D eigenvalue weighted by molar-refractivity contribution is 6.35. The van der Waals surface area contributed by atoms with Crippen molar-refractivity contribution < 1.29 is 43.4 Å². The second kappa shape index (κ2) is 9.97. The molecule has 0 saturated carbocycles. The minimum Gasteiger partial charge on any atom is -0.507 e. The fourth-order valence-corrected chi connectivity index (χ4v) is 5.27. The third-order valence-corrected chi connectivity index (χ3v) is 7.32. The van der Waals surface area contributed by atoms with Gasteiger partial charge in [-0.2, -0.15) is 0 Å². The first kappa shape index (κ1) is 26.9. The molecule has 0 unspecified atom stereocenters. The fourth-order valence-electron chi connectivity index (χ4n) is 5.00. The third-order valence-electron chi connectivity index (χ3n) is 6.96. The topological polar surface area (TPSA) is 152 Å². The zero-order valence-corrected chi connectivity index (χ0v) is 21.7. The van der Waals surface area contributed by atoms with Crippen LogP contribution in [0.4, 0.5) is 5.69 Å². The minimum absolute atomic E-state index is 0.0199. The van der Waals surface area contributed by atoms with Crippen LogP contribution in [0.3, 0.4) is 0 Å². The number of ether oxygens (including phenoxy) is 4. The van der Waals surface area contributed by atoms with Gasteiger partial charge < -0.3 is 24.1 Å². The van der Waals surface area contributed by atoms with E-state index in [1.54, 1.807) is 6.92 Å². The van der Waals surface area contributed by atoms with Crippen LogP contribution in [-0.4, -0.2) is 54.5 Å². The summed E-state index contributed by atoms with van der Waals surface area (Å²) in [5, 5.41) is 22.8. The first-order chi connectivity index (χ1) is 18.0. The number of Topliss-reactive ketones (excluding diaryl/α,β-unsaturated/α-hetero) is 2. The number of carbonyl (C=O) groups excluding carboxylic acids is 3. The Bertz CT molecular complexity index is 1380. The summed E-state index contributed by atoms with van der Waals surface area (Å²) in [4.78, 5) is 50.2. The molecule has 0 fully saturated rings. The van der Waals surface area contributed by atoms with Crippen molar-refractivity contribution >= 4 is 34.8 Å². The van der Waals surface area contributed by atoms with Gasteiger partial charge >= 0.3 is 5.97 Å². The molecule has 0 aromatic heterocycles. The number of hydrogen-bond acceptors (Lipinski definition) is 10. The molecule has 1 N–H and O–H groups in total. The molecular formula is C26H24ClNO10. The molecule has 12 heteroatoms. The van der Waals surface area contributed by atoms with Crippen molar-refractivity contribution in [2.75, 3.05) is 21.3 Å². The highest BCUT2D eigenvalue weighted by atomic mass is 35.5. The highest BCUT2D eigenvalue weighted by Gasteiger charge is 2.61. The Morgan fingerprint density at radius 1 is 1.21 bits per heavy atom.